The fourth-order valence-corrected chi connectivity index (χ4v) is 7.21. The van der Waals surface area contributed by atoms with E-state index in [0.29, 0.717) is 11.7 Å². The van der Waals surface area contributed by atoms with Crippen LogP contribution in [-0.2, 0) is 22.4 Å². The van der Waals surface area contributed by atoms with Gasteiger partial charge in [-0.05, 0) is 86.6 Å². The second-order valence-corrected chi connectivity index (χ2v) is 11.0. The SMILES string of the molecule is COc1ccc(Cc2ccc(CC3(C(C)=O)CC4CC5(CCCCC5)C(=O)C4C3)cc2)cc1. The van der Waals surface area contributed by atoms with Gasteiger partial charge in [0.2, 0.25) is 0 Å². The summed E-state index contributed by atoms with van der Waals surface area (Å²) in [5, 5.41) is 0. The number of hydrogen-bond donors (Lipinski definition) is 0. The van der Waals surface area contributed by atoms with Gasteiger partial charge in [0, 0.05) is 16.7 Å². The number of fused-ring (bicyclic) bond motifs is 1. The number of rotatable bonds is 6. The van der Waals surface area contributed by atoms with Crippen LogP contribution in [0, 0.1) is 22.7 Å². The molecule has 2 aromatic carbocycles. The van der Waals surface area contributed by atoms with Gasteiger partial charge in [0.15, 0.2) is 0 Å². The lowest BCUT2D eigenvalue weighted by Gasteiger charge is -2.35. The smallest absolute Gasteiger partial charge is 0.142 e. The zero-order valence-corrected chi connectivity index (χ0v) is 20.1. The molecule has 0 aliphatic heterocycles. The molecular formula is C30H36O3. The average Bonchev–Trinajstić information content (AvgIpc) is 3.30. The Labute approximate surface area is 197 Å². The van der Waals surface area contributed by atoms with Crippen molar-refractivity contribution >= 4 is 11.6 Å². The van der Waals surface area contributed by atoms with Crippen molar-refractivity contribution in [2.24, 2.45) is 22.7 Å². The third-order valence-corrected chi connectivity index (χ3v) is 9.04. The van der Waals surface area contributed by atoms with E-state index < -0.39 is 0 Å². The molecule has 33 heavy (non-hydrogen) atoms. The summed E-state index contributed by atoms with van der Waals surface area (Å²) in [5.74, 6) is 2.17. The maximum absolute atomic E-state index is 13.5. The molecule has 1 spiro atoms. The van der Waals surface area contributed by atoms with Crippen molar-refractivity contribution < 1.29 is 14.3 Å². The predicted molar refractivity (Wildman–Crippen MR) is 130 cm³/mol. The maximum atomic E-state index is 13.5. The maximum Gasteiger partial charge on any atom is 0.142 e. The largest absolute Gasteiger partial charge is 0.497 e. The van der Waals surface area contributed by atoms with Crippen molar-refractivity contribution in [3.63, 3.8) is 0 Å². The molecule has 3 heteroatoms. The normalized spacial score (nSPS) is 28.1. The average molecular weight is 445 g/mol. The summed E-state index contributed by atoms with van der Waals surface area (Å²) in [6, 6.07) is 16.9. The first kappa shape index (κ1) is 22.4. The van der Waals surface area contributed by atoms with Crippen LogP contribution in [0.5, 0.6) is 5.75 Å². The summed E-state index contributed by atoms with van der Waals surface area (Å²) in [6.07, 6.45) is 10.2. The van der Waals surface area contributed by atoms with Crippen molar-refractivity contribution in [1.29, 1.82) is 0 Å². The monoisotopic (exact) mass is 444 g/mol. The van der Waals surface area contributed by atoms with Gasteiger partial charge >= 0.3 is 0 Å². The molecule has 3 atom stereocenters. The van der Waals surface area contributed by atoms with E-state index in [1.807, 2.05) is 12.1 Å². The van der Waals surface area contributed by atoms with Crippen molar-refractivity contribution in [3.8, 4) is 5.75 Å². The molecular weight excluding hydrogens is 408 g/mol. The first-order chi connectivity index (χ1) is 15.9. The highest BCUT2D eigenvalue weighted by atomic mass is 16.5. The van der Waals surface area contributed by atoms with Gasteiger partial charge in [0.05, 0.1) is 7.11 Å². The Balaban J connectivity index is 1.27. The van der Waals surface area contributed by atoms with Crippen LogP contribution < -0.4 is 4.74 Å². The minimum Gasteiger partial charge on any atom is -0.497 e. The van der Waals surface area contributed by atoms with Gasteiger partial charge in [-0.3, -0.25) is 9.59 Å². The van der Waals surface area contributed by atoms with E-state index >= 15 is 0 Å². The molecule has 2 aromatic rings. The van der Waals surface area contributed by atoms with E-state index in [9.17, 15) is 9.59 Å². The van der Waals surface area contributed by atoms with Gasteiger partial charge in [0.1, 0.15) is 17.3 Å². The number of methoxy groups -OCH3 is 1. The Bertz CT molecular complexity index is 1010. The van der Waals surface area contributed by atoms with E-state index in [1.54, 1.807) is 14.0 Å². The number of Topliss-reactive ketones (excluding diaryl/α,β-unsaturated/α-hetero) is 2. The van der Waals surface area contributed by atoms with Crippen molar-refractivity contribution in [3.05, 3.63) is 65.2 Å². The Morgan fingerprint density at radius 3 is 2.06 bits per heavy atom. The molecule has 0 bridgehead atoms. The van der Waals surface area contributed by atoms with Crippen LogP contribution in [-0.4, -0.2) is 18.7 Å². The highest BCUT2D eigenvalue weighted by molar-refractivity contribution is 5.92. The first-order valence-corrected chi connectivity index (χ1v) is 12.7. The fourth-order valence-electron chi connectivity index (χ4n) is 7.21. The lowest BCUT2D eigenvalue weighted by molar-refractivity contribution is -0.132. The van der Waals surface area contributed by atoms with Gasteiger partial charge in [-0.25, -0.2) is 0 Å². The summed E-state index contributed by atoms with van der Waals surface area (Å²) in [6.45, 7) is 1.75. The van der Waals surface area contributed by atoms with Crippen molar-refractivity contribution in [1.82, 2.24) is 0 Å². The van der Waals surface area contributed by atoms with E-state index in [2.05, 4.69) is 36.4 Å². The molecule has 0 N–H and O–H groups in total. The highest BCUT2D eigenvalue weighted by Crippen LogP contribution is 2.61. The van der Waals surface area contributed by atoms with Gasteiger partial charge < -0.3 is 4.74 Å². The zero-order chi connectivity index (χ0) is 23.1. The van der Waals surface area contributed by atoms with Gasteiger partial charge in [-0.15, -0.1) is 0 Å². The lowest BCUT2D eigenvalue weighted by atomic mass is 9.68. The Hall–Kier alpha value is -2.42. The van der Waals surface area contributed by atoms with E-state index in [0.717, 1.165) is 50.7 Å². The first-order valence-electron chi connectivity index (χ1n) is 12.7. The molecule has 0 amide bonds. The Morgan fingerprint density at radius 2 is 1.48 bits per heavy atom. The second kappa shape index (κ2) is 8.74. The molecule has 0 aromatic heterocycles. The summed E-state index contributed by atoms with van der Waals surface area (Å²) >= 11 is 0. The van der Waals surface area contributed by atoms with Crippen LogP contribution in [0.4, 0.5) is 0 Å². The van der Waals surface area contributed by atoms with Crippen LogP contribution in [0.3, 0.4) is 0 Å². The number of carbonyl (C=O) groups excluding carboxylic acids is 2. The predicted octanol–water partition coefficient (Wildman–Crippen LogP) is 6.35. The topological polar surface area (TPSA) is 43.4 Å². The molecule has 0 saturated heterocycles. The third-order valence-electron chi connectivity index (χ3n) is 9.04. The number of hydrogen-bond acceptors (Lipinski definition) is 3. The number of carbonyl (C=O) groups is 2. The van der Waals surface area contributed by atoms with Crippen molar-refractivity contribution in [2.75, 3.05) is 7.11 Å². The molecule has 0 heterocycles. The quantitative estimate of drug-likeness (QED) is 0.521. The molecule has 3 saturated carbocycles. The summed E-state index contributed by atoms with van der Waals surface area (Å²) in [7, 11) is 1.68. The molecule has 174 valence electrons. The third kappa shape index (κ3) is 4.16. The van der Waals surface area contributed by atoms with E-state index in [1.165, 1.54) is 36.0 Å². The molecule has 3 nitrogen and oxygen atoms in total. The number of ketones is 2. The van der Waals surface area contributed by atoms with Crippen LogP contribution >= 0.6 is 0 Å². The Morgan fingerprint density at radius 1 is 0.879 bits per heavy atom. The summed E-state index contributed by atoms with van der Waals surface area (Å²) in [5.41, 5.74) is 3.32. The van der Waals surface area contributed by atoms with Crippen molar-refractivity contribution in [2.45, 2.75) is 71.1 Å². The highest BCUT2D eigenvalue weighted by Gasteiger charge is 2.60. The molecule has 3 unspecified atom stereocenters. The standard InChI is InChI=1S/C30H36O3/c1-21(31)30(19-25-18-29(14-4-3-5-15-29)28(32)27(25)20-30)17-24-8-6-22(7-9-24)16-23-10-12-26(33-2)13-11-23/h6-13,25,27H,3-5,14-20H2,1-2H3. The number of benzene rings is 2. The molecule has 3 aliphatic carbocycles. The van der Waals surface area contributed by atoms with Gasteiger partial charge in [-0.2, -0.15) is 0 Å². The summed E-state index contributed by atoms with van der Waals surface area (Å²) < 4.78 is 5.25. The molecule has 0 radical (unpaired) electrons. The van der Waals surface area contributed by atoms with Gasteiger partial charge in [-0.1, -0.05) is 55.7 Å². The minimum atomic E-state index is -0.362. The lowest BCUT2D eigenvalue weighted by Crippen LogP contribution is -2.35. The van der Waals surface area contributed by atoms with E-state index in [-0.39, 0.29) is 22.5 Å². The molecule has 5 rings (SSSR count). The second-order valence-electron chi connectivity index (χ2n) is 11.0. The fraction of sp³-hybridized carbons (Fsp3) is 0.533. The molecule has 3 aliphatic rings. The Kier molecular flexibility index (Phi) is 5.93. The minimum absolute atomic E-state index is 0.0420. The van der Waals surface area contributed by atoms with Crippen LogP contribution in [0.15, 0.2) is 48.5 Å². The van der Waals surface area contributed by atoms with Crippen LogP contribution in [0.25, 0.3) is 0 Å². The van der Waals surface area contributed by atoms with Crippen LogP contribution in [0.1, 0.15) is 75.0 Å². The zero-order valence-electron chi connectivity index (χ0n) is 20.1. The summed E-state index contributed by atoms with van der Waals surface area (Å²) in [4.78, 5) is 26.4. The van der Waals surface area contributed by atoms with Crippen LogP contribution in [0.2, 0.25) is 0 Å². The van der Waals surface area contributed by atoms with E-state index in [4.69, 9.17) is 4.74 Å². The van der Waals surface area contributed by atoms with Gasteiger partial charge in [0.25, 0.3) is 0 Å². The number of ether oxygens (including phenoxy) is 1. The molecule has 3 fully saturated rings.